The van der Waals surface area contributed by atoms with Crippen LogP contribution < -0.4 is 0 Å². The van der Waals surface area contributed by atoms with E-state index in [1.54, 1.807) is 159 Å². The second kappa shape index (κ2) is 40.3. The van der Waals surface area contributed by atoms with Crippen molar-refractivity contribution in [2.45, 2.75) is 160 Å². The Morgan fingerprint density at radius 3 is 0.464 bits per heavy atom. The van der Waals surface area contributed by atoms with E-state index in [1.807, 2.05) is 0 Å². The second-order valence-corrected chi connectivity index (χ2v) is 41.4. The molecule has 0 saturated carbocycles. The minimum absolute atomic E-state index is 0.0272. The van der Waals surface area contributed by atoms with Gasteiger partial charge < -0.3 is 82.3 Å². The Morgan fingerprint density at radius 2 is 0.330 bits per heavy atom. The van der Waals surface area contributed by atoms with E-state index < -0.39 is 110 Å². The molecule has 0 aliphatic carbocycles. The molecule has 7 aromatic rings. The fourth-order valence-corrected chi connectivity index (χ4v) is 27.5. The lowest BCUT2D eigenvalue weighted by atomic mass is 9.98. The zero-order chi connectivity index (χ0) is 81.5. The van der Waals surface area contributed by atoms with Crippen LogP contribution in [0.2, 0.25) is 0 Å². The molecule has 2 aliphatic rings. The molecule has 4 aromatic carbocycles. The highest BCUT2D eigenvalue weighted by Crippen LogP contribution is 2.62. The molecule has 0 unspecified atom stereocenters. The van der Waals surface area contributed by atoms with Gasteiger partial charge in [0.05, 0.1) is 155 Å². The number of H-pyrrole nitrogens is 2. The van der Waals surface area contributed by atoms with Gasteiger partial charge in [-0.25, -0.2) is 29.9 Å². The number of aromatic nitrogens is 8. The van der Waals surface area contributed by atoms with Crippen molar-refractivity contribution in [3.63, 3.8) is 0 Å². The Balaban J connectivity index is 1.70. The summed E-state index contributed by atoms with van der Waals surface area (Å²) in [6.45, 7) is 26.4. The van der Waals surface area contributed by atoms with E-state index >= 15 is 36.5 Å². The molecular formula is C72H106N8O24P8. The topological polar surface area (TPSA) is 393 Å². The van der Waals surface area contributed by atoms with Gasteiger partial charge in [-0.2, -0.15) is 0 Å². The predicted octanol–water partition coefficient (Wildman–Crippen LogP) is 21.0. The molecule has 2 N–H and O–H groups in total. The summed E-state index contributed by atoms with van der Waals surface area (Å²) in [5.41, 5.74) is 2.87. The van der Waals surface area contributed by atoms with Crippen LogP contribution in [0.3, 0.4) is 0 Å². The van der Waals surface area contributed by atoms with Gasteiger partial charge >= 0.3 is 60.8 Å². The SMILES string of the molecule is CCOP(=O)(Cc1ccc(CP(=O)(OCC)OCC)c2c1-c1nc-2nc2[nH]c(nc3nc(nc4[nH]c(n1)c1c(CP(=O)(OCC)OCC)ccc(CP(=O)(OCC)OCC)c41)-c1c(CP(=O)(OCC)OCC)ccc(CP(=O)(OCC)OCC)c1-3)c1c(CP(=O)(OCC)OCC)ccc(CP(=O)(OCC)OCC)c21)OCC. The fraction of sp³-hybridized carbons (Fsp3) is 0.556. The third kappa shape index (κ3) is 21.5. The van der Waals surface area contributed by atoms with E-state index in [2.05, 4.69) is 9.97 Å². The number of hydrogen-bond acceptors (Lipinski definition) is 30. The van der Waals surface area contributed by atoms with Gasteiger partial charge in [-0.15, -0.1) is 0 Å². The Hall–Kier alpha value is -4.56. The molecule has 3 aromatic heterocycles. The van der Waals surface area contributed by atoms with Crippen LogP contribution in [-0.2, 0) is 158 Å². The second-order valence-electron chi connectivity index (χ2n) is 25.0. The van der Waals surface area contributed by atoms with Gasteiger partial charge in [0.15, 0.2) is 23.3 Å². The number of aromatic amines is 2. The molecule has 9 rings (SSSR count). The molecule has 618 valence electrons. The Morgan fingerprint density at radius 1 is 0.205 bits per heavy atom. The van der Waals surface area contributed by atoms with Crippen LogP contribution in [0.15, 0.2) is 48.5 Å². The van der Waals surface area contributed by atoms with E-state index in [1.165, 1.54) is 0 Å². The molecule has 32 nitrogen and oxygen atoms in total. The summed E-state index contributed by atoms with van der Waals surface area (Å²) in [6.07, 6.45) is -3.17. The molecule has 5 heterocycles. The quantitative estimate of drug-likeness (QED) is 0.0334. The summed E-state index contributed by atoms with van der Waals surface area (Å²) in [4.78, 5) is 39.9. The number of fused-ring (bicyclic) bond motifs is 20. The fourth-order valence-electron chi connectivity index (χ4n) is 13.7. The van der Waals surface area contributed by atoms with Gasteiger partial charge in [0.2, 0.25) is 0 Å². The first-order chi connectivity index (χ1) is 53.5. The molecular weight excluding hydrogens is 1610 g/mol. The lowest BCUT2D eigenvalue weighted by molar-refractivity contribution is 0.218. The minimum Gasteiger partial charge on any atom is -0.324 e. The van der Waals surface area contributed by atoms with Crippen molar-refractivity contribution < 1.29 is 109 Å². The monoisotopic (exact) mass is 1710 g/mol. The predicted molar refractivity (Wildman–Crippen MR) is 433 cm³/mol. The third-order valence-corrected chi connectivity index (χ3v) is 33.5. The van der Waals surface area contributed by atoms with Crippen LogP contribution >= 0.6 is 60.8 Å². The van der Waals surface area contributed by atoms with Crippen LogP contribution in [0.4, 0.5) is 0 Å². The molecule has 8 bridgehead atoms. The van der Waals surface area contributed by atoms with Crippen LogP contribution in [0.5, 0.6) is 0 Å². The lowest BCUT2D eigenvalue weighted by Crippen LogP contribution is -2.04. The normalized spacial score (nSPS) is 13.3. The third-order valence-electron chi connectivity index (χ3n) is 17.2. The first-order valence-corrected chi connectivity index (χ1v) is 51.8. The minimum atomic E-state index is -4.12. The average Bonchev–Trinajstić information content (AvgIpc) is 1.57. The highest BCUT2D eigenvalue weighted by atomic mass is 31.2. The van der Waals surface area contributed by atoms with Crippen molar-refractivity contribution in [2.75, 3.05) is 106 Å². The Bertz CT molecular complexity index is 4410. The van der Waals surface area contributed by atoms with E-state index in [4.69, 9.17) is 102 Å². The van der Waals surface area contributed by atoms with Gasteiger partial charge in [0.25, 0.3) is 0 Å². The summed E-state index contributed by atoms with van der Waals surface area (Å²) < 4.78 is 219. The standard InChI is InChI=1S/C72H106N8O24P8/c1-17-89-105(81,90-18-2)41-49-33-34-50(42-106(82,91-19-3)92-20-4)58-57(49)65-73-66(58)78-68-61-53(45-109(85,97-25-9)98-26-10)37-38-54(46-110(86,99-27-11)100-28-12)62(61)70(75-68)80-72-64-56(48-112(88,103-31-15)104-32-16)40-39-55(47-111(87,101-29-13)102-30-14)63(64)71(76-72)79-69-60-52(44-108(84,95-23-7)96-24-8)36-35-51(59(60)67(74-69)77-65)43-107(83,93-21-5)94-22-6/h33-40H,17-32,41-48H2,1-16H3,(H2,73,74,75,76,77,78,79,80). The van der Waals surface area contributed by atoms with E-state index in [0.717, 1.165) is 0 Å². The summed E-state index contributed by atoms with van der Waals surface area (Å²) >= 11 is 0. The maximum atomic E-state index is 15.3. The first-order valence-electron chi connectivity index (χ1n) is 38.0. The van der Waals surface area contributed by atoms with Gasteiger partial charge in [-0.05, 0) is 155 Å². The van der Waals surface area contributed by atoms with Crippen LogP contribution in [0.25, 0.3) is 89.7 Å². The smallest absolute Gasteiger partial charge is 0.324 e. The highest BCUT2D eigenvalue weighted by Gasteiger charge is 2.40. The zero-order valence-corrected chi connectivity index (χ0v) is 73.8. The summed E-state index contributed by atoms with van der Waals surface area (Å²) in [6, 6.07) is 13.4. The molecule has 0 radical (unpaired) electrons. The van der Waals surface area contributed by atoms with Crippen molar-refractivity contribution in [2.24, 2.45) is 0 Å². The summed E-state index contributed by atoms with van der Waals surface area (Å²) in [5.74, 6) is -0.526. The lowest BCUT2D eigenvalue weighted by Gasteiger charge is -2.21. The molecule has 0 amide bonds. The van der Waals surface area contributed by atoms with Crippen LogP contribution in [0, 0.1) is 0 Å². The van der Waals surface area contributed by atoms with Crippen molar-refractivity contribution in [3.8, 4) is 45.6 Å². The summed E-state index contributed by atoms with van der Waals surface area (Å²) in [5, 5.41) is 0.807. The van der Waals surface area contributed by atoms with Crippen molar-refractivity contribution in [3.05, 3.63) is 93.0 Å². The molecule has 0 spiro atoms. The van der Waals surface area contributed by atoms with Crippen molar-refractivity contribution >= 4 is 105 Å². The Labute approximate surface area is 654 Å². The van der Waals surface area contributed by atoms with Crippen molar-refractivity contribution in [1.29, 1.82) is 0 Å². The number of rotatable bonds is 48. The van der Waals surface area contributed by atoms with Crippen LogP contribution in [-0.4, -0.2) is 146 Å². The maximum absolute atomic E-state index is 15.3. The van der Waals surface area contributed by atoms with E-state index in [9.17, 15) is 0 Å². The van der Waals surface area contributed by atoms with Gasteiger partial charge in [-0.1, -0.05) is 48.5 Å². The van der Waals surface area contributed by atoms with E-state index in [0.29, 0.717) is 22.3 Å². The number of benzene rings is 4. The first kappa shape index (κ1) is 91.3. The number of hydrogen-bond donors (Lipinski definition) is 2. The zero-order valence-electron chi connectivity index (χ0n) is 66.6. The Kier molecular flexibility index (Phi) is 32.8. The molecule has 0 saturated heterocycles. The molecule has 2 aliphatic heterocycles. The maximum Gasteiger partial charge on any atom is 0.335 e. The highest BCUT2D eigenvalue weighted by molar-refractivity contribution is 7.55. The van der Waals surface area contributed by atoms with Gasteiger partial charge in [0.1, 0.15) is 22.6 Å². The number of nitrogens with one attached hydrogen (secondary N) is 2. The molecule has 0 atom stereocenters. The largest absolute Gasteiger partial charge is 0.335 e. The van der Waals surface area contributed by atoms with Gasteiger partial charge in [-0.3, -0.25) is 36.5 Å². The van der Waals surface area contributed by atoms with Crippen LogP contribution in [0.1, 0.15) is 155 Å². The molecule has 112 heavy (non-hydrogen) atoms. The average molecular weight is 1720 g/mol. The van der Waals surface area contributed by atoms with Crippen molar-refractivity contribution in [1.82, 2.24) is 39.9 Å². The van der Waals surface area contributed by atoms with E-state index in [-0.39, 0.29) is 218 Å². The molecule has 40 heteroatoms. The number of nitrogens with zero attached hydrogens (tertiary/aromatic N) is 6. The summed E-state index contributed by atoms with van der Waals surface area (Å²) in [7, 11) is -32.9. The molecule has 0 fully saturated rings. The van der Waals surface area contributed by atoms with Gasteiger partial charge in [0, 0.05) is 43.8 Å².